The molecule has 0 saturated carbocycles. The summed E-state index contributed by atoms with van der Waals surface area (Å²) in [5, 5.41) is 2.71. The van der Waals surface area contributed by atoms with E-state index in [0.717, 1.165) is 29.7 Å². The summed E-state index contributed by atoms with van der Waals surface area (Å²) in [5.74, 6) is 0.834. The first-order chi connectivity index (χ1) is 10.3. The van der Waals surface area contributed by atoms with Gasteiger partial charge in [0.15, 0.2) is 0 Å². The highest BCUT2D eigenvalue weighted by atomic mass is 35.5. The number of amides is 1. The number of carbonyl (C=O) groups is 1. The van der Waals surface area contributed by atoms with Gasteiger partial charge in [0.1, 0.15) is 11.4 Å². The van der Waals surface area contributed by atoms with Crippen molar-refractivity contribution in [3.8, 4) is 5.75 Å². The standard InChI is InChI=1S/C17H24ClNO3/c1-17(2,3)22-16(20)19-12-14(11-18)9-8-13-6-5-7-15(10-13)21-4/h5-7,10-11H,8-9,12H2,1-4H3,(H,19,20). The van der Waals surface area contributed by atoms with Crippen molar-refractivity contribution in [1.29, 1.82) is 0 Å². The summed E-state index contributed by atoms with van der Waals surface area (Å²) in [5.41, 5.74) is 3.11. The highest BCUT2D eigenvalue weighted by molar-refractivity contribution is 6.25. The van der Waals surface area contributed by atoms with Gasteiger partial charge < -0.3 is 14.8 Å². The van der Waals surface area contributed by atoms with Gasteiger partial charge in [-0.05, 0) is 56.9 Å². The largest absolute Gasteiger partial charge is 0.497 e. The van der Waals surface area contributed by atoms with Crippen LogP contribution in [0.15, 0.2) is 35.4 Å². The lowest BCUT2D eigenvalue weighted by Crippen LogP contribution is -2.33. The fourth-order valence-electron chi connectivity index (χ4n) is 1.81. The maximum Gasteiger partial charge on any atom is 0.407 e. The van der Waals surface area contributed by atoms with Crippen LogP contribution in [0.4, 0.5) is 4.79 Å². The minimum Gasteiger partial charge on any atom is -0.497 e. The predicted octanol–water partition coefficient (Wildman–Crippen LogP) is 4.28. The highest BCUT2D eigenvalue weighted by Crippen LogP contribution is 2.16. The van der Waals surface area contributed by atoms with E-state index in [2.05, 4.69) is 5.32 Å². The molecule has 22 heavy (non-hydrogen) atoms. The summed E-state index contributed by atoms with van der Waals surface area (Å²) in [6.07, 6.45) is 1.14. The molecule has 1 aromatic rings. The molecule has 0 saturated heterocycles. The first-order valence-corrected chi connectivity index (χ1v) is 7.65. The smallest absolute Gasteiger partial charge is 0.407 e. The summed E-state index contributed by atoms with van der Waals surface area (Å²) in [6.45, 7) is 5.86. The Morgan fingerprint density at radius 2 is 2.09 bits per heavy atom. The molecule has 1 amide bonds. The predicted molar refractivity (Wildman–Crippen MR) is 89.5 cm³/mol. The Bertz CT molecular complexity index is 521. The maximum absolute atomic E-state index is 11.6. The van der Waals surface area contributed by atoms with Crippen LogP contribution in [0.5, 0.6) is 5.75 Å². The number of ether oxygens (including phenoxy) is 2. The minimum absolute atomic E-state index is 0.377. The van der Waals surface area contributed by atoms with Crippen LogP contribution in [-0.2, 0) is 11.2 Å². The third-order valence-corrected chi connectivity index (χ3v) is 3.19. The summed E-state index contributed by atoms with van der Waals surface area (Å²) in [4.78, 5) is 11.6. The number of methoxy groups -OCH3 is 1. The van der Waals surface area contributed by atoms with Crippen LogP contribution in [0.3, 0.4) is 0 Å². The number of aryl methyl sites for hydroxylation is 1. The number of hydrogen-bond acceptors (Lipinski definition) is 3. The second kappa shape index (κ2) is 8.69. The number of benzene rings is 1. The third-order valence-electron chi connectivity index (χ3n) is 2.88. The summed E-state index contributed by atoms with van der Waals surface area (Å²) < 4.78 is 10.4. The van der Waals surface area contributed by atoms with E-state index >= 15 is 0 Å². The fourth-order valence-corrected chi connectivity index (χ4v) is 2.00. The van der Waals surface area contributed by atoms with Gasteiger partial charge in [-0.25, -0.2) is 4.79 Å². The van der Waals surface area contributed by atoms with Gasteiger partial charge in [-0.15, -0.1) is 0 Å². The van der Waals surface area contributed by atoms with Gasteiger partial charge >= 0.3 is 6.09 Å². The SMILES string of the molecule is COc1cccc(CCC(=CCl)CNC(=O)OC(C)(C)C)c1. The van der Waals surface area contributed by atoms with Crippen LogP contribution in [0, 0.1) is 0 Å². The molecule has 5 heteroatoms. The summed E-state index contributed by atoms with van der Waals surface area (Å²) in [6, 6.07) is 7.89. The van der Waals surface area contributed by atoms with Crippen molar-refractivity contribution < 1.29 is 14.3 Å². The molecule has 0 aliphatic heterocycles. The van der Waals surface area contributed by atoms with Crippen LogP contribution in [-0.4, -0.2) is 25.3 Å². The van der Waals surface area contributed by atoms with E-state index in [0.29, 0.717) is 6.54 Å². The maximum atomic E-state index is 11.6. The molecule has 0 aromatic heterocycles. The monoisotopic (exact) mass is 325 g/mol. The Hall–Kier alpha value is -1.68. The molecule has 0 spiro atoms. The Morgan fingerprint density at radius 3 is 2.68 bits per heavy atom. The first kappa shape index (κ1) is 18.4. The van der Waals surface area contributed by atoms with Gasteiger partial charge in [-0.3, -0.25) is 0 Å². The number of nitrogens with one attached hydrogen (secondary N) is 1. The average molecular weight is 326 g/mol. The van der Waals surface area contributed by atoms with Crippen molar-refractivity contribution in [2.75, 3.05) is 13.7 Å². The van der Waals surface area contributed by atoms with Gasteiger partial charge in [0.2, 0.25) is 0 Å². The van der Waals surface area contributed by atoms with Crippen molar-refractivity contribution >= 4 is 17.7 Å². The summed E-state index contributed by atoms with van der Waals surface area (Å²) >= 11 is 5.83. The molecule has 122 valence electrons. The van der Waals surface area contributed by atoms with E-state index < -0.39 is 11.7 Å². The molecule has 0 atom stereocenters. The number of carbonyl (C=O) groups excluding carboxylic acids is 1. The molecule has 0 radical (unpaired) electrons. The van der Waals surface area contributed by atoms with Crippen molar-refractivity contribution in [1.82, 2.24) is 5.32 Å². The molecule has 0 fully saturated rings. The topological polar surface area (TPSA) is 47.6 Å². The number of halogens is 1. The van der Waals surface area contributed by atoms with Gasteiger partial charge in [-0.2, -0.15) is 0 Å². The molecule has 1 rings (SSSR count). The zero-order chi connectivity index (χ0) is 16.6. The second-order valence-corrected chi connectivity index (χ2v) is 6.19. The molecular weight excluding hydrogens is 302 g/mol. The number of alkyl carbamates (subject to hydrolysis) is 1. The Labute approximate surface area is 137 Å². The molecule has 1 aromatic carbocycles. The lowest BCUT2D eigenvalue weighted by Gasteiger charge is -2.20. The van der Waals surface area contributed by atoms with Crippen LogP contribution >= 0.6 is 11.6 Å². The van der Waals surface area contributed by atoms with E-state index in [1.807, 2.05) is 45.0 Å². The third kappa shape index (κ3) is 7.36. The lowest BCUT2D eigenvalue weighted by molar-refractivity contribution is 0.0532. The molecule has 0 unspecified atom stereocenters. The molecule has 0 heterocycles. The van der Waals surface area contributed by atoms with Gasteiger partial charge in [0, 0.05) is 12.1 Å². The van der Waals surface area contributed by atoms with E-state index in [4.69, 9.17) is 21.1 Å². The van der Waals surface area contributed by atoms with Crippen LogP contribution in [0.2, 0.25) is 0 Å². The lowest BCUT2D eigenvalue weighted by atomic mass is 10.1. The van der Waals surface area contributed by atoms with E-state index in [1.54, 1.807) is 7.11 Å². The zero-order valence-electron chi connectivity index (χ0n) is 13.6. The van der Waals surface area contributed by atoms with Crippen LogP contribution in [0.1, 0.15) is 32.8 Å². The highest BCUT2D eigenvalue weighted by Gasteiger charge is 2.15. The van der Waals surface area contributed by atoms with Crippen molar-refractivity contribution in [3.63, 3.8) is 0 Å². The van der Waals surface area contributed by atoms with Gasteiger partial charge in [0.05, 0.1) is 7.11 Å². The molecule has 1 N–H and O–H groups in total. The van der Waals surface area contributed by atoms with Crippen molar-refractivity contribution in [2.24, 2.45) is 0 Å². The summed E-state index contributed by atoms with van der Waals surface area (Å²) in [7, 11) is 1.65. The van der Waals surface area contributed by atoms with E-state index in [9.17, 15) is 4.79 Å². The quantitative estimate of drug-likeness (QED) is 0.849. The number of hydrogen-bond donors (Lipinski definition) is 1. The number of rotatable bonds is 6. The van der Waals surface area contributed by atoms with Crippen molar-refractivity contribution in [2.45, 2.75) is 39.2 Å². The molecule has 4 nitrogen and oxygen atoms in total. The normalized spacial score (nSPS) is 12.0. The Kier molecular flexibility index (Phi) is 7.25. The second-order valence-electron chi connectivity index (χ2n) is 5.97. The first-order valence-electron chi connectivity index (χ1n) is 7.22. The average Bonchev–Trinajstić information content (AvgIpc) is 2.46. The zero-order valence-corrected chi connectivity index (χ0v) is 14.4. The van der Waals surface area contributed by atoms with Crippen LogP contribution in [0.25, 0.3) is 0 Å². The molecule has 0 bridgehead atoms. The Balaban J connectivity index is 2.44. The minimum atomic E-state index is -0.504. The van der Waals surface area contributed by atoms with Gasteiger partial charge in [0.25, 0.3) is 0 Å². The Morgan fingerprint density at radius 1 is 1.36 bits per heavy atom. The molecule has 0 aliphatic rings. The fraction of sp³-hybridized carbons (Fsp3) is 0.471. The molecule has 0 aliphatic carbocycles. The van der Waals surface area contributed by atoms with E-state index in [1.165, 1.54) is 5.54 Å². The van der Waals surface area contributed by atoms with Crippen LogP contribution < -0.4 is 10.1 Å². The van der Waals surface area contributed by atoms with E-state index in [-0.39, 0.29) is 0 Å². The molecular formula is C17H24ClNO3. The van der Waals surface area contributed by atoms with Crippen molar-refractivity contribution in [3.05, 3.63) is 40.9 Å². The van der Waals surface area contributed by atoms with Gasteiger partial charge in [-0.1, -0.05) is 23.7 Å².